The maximum absolute atomic E-state index is 12.2. The average molecular weight is 295 g/mol. The van der Waals surface area contributed by atoms with E-state index >= 15 is 0 Å². The Morgan fingerprint density at radius 2 is 2.09 bits per heavy atom. The molecule has 0 unspecified atom stereocenters. The number of piperidine rings is 1. The normalized spacial score (nSPS) is 17.9. The quantitative estimate of drug-likeness (QED) is 0.911. The molecule has 2 N–H and O–H groups in total. The molecule has 3 rings (SSSR count). The highest BCUT2D eigenvalue weighted by Crippen LogP contribution is 2.23. The van der Waals surface area contributed by atoms with Crippen LogP contribution < -0.4 is 10.6 Å². The van der Waals surface area contributed by atoms with Crippen molar-refractivity contribution in [2.75, 3.05) is 13.1 Å². The fourth-order valence-electron chi connectivity index (χ4n) is 2.82. The van der Waals surface area contributed by atoms with Gasteiger partial charge in [-0.1, -0.05) is 18.2 Å². The van der Waals surface area contributed by atoms with Crippen LogP contribution in [0, 0.1) is 0 Å². The van der Waals surface area contributed by atoms with E-state index in [-0.39, 0.29) is 5.91 Å². The highest BCUT2D eigenvalue weighted by Gasteiger charge is 2.15. The summed E-state index contributed by atoms with van der Waals surface area (Å²) < 4.78 is 0. The number of benzene rings is 1. The molecule has 1 aliphatic rings. The fraction of sp³-hybridized carbons (Fsp3) is 0.333. The van der Waals surface area contributed by atoms with Crippen LogP contribution in [0.1, 0.15) is 40.4 Å². The lowest BCUT2D eigenvalue weighted by atomic mass is 9.91. The lowest BCUT2D eigenvalue weighted by molar-refractivity contribution is 0.0950. The molecule has 1 saturated heterocycles. The SMILES string of the molecule is O=C(NCc1ccccn1)c1ccc([C@@H]2CCCNC2)cc1. The average Bonchev–Trinajstić information content (AvgIpc) is 2.61. The smallest absolute Gasteiger partial charge is 0.251 e. The van der Waals surface area contributed by atoms with Crippen molar-refractivity contribution >= 4 is 5.91 Å². The summed E-state index contributed by atoms with van der Waals surface area (Å²) in [4.78, 5) is 16.4. The number of rotatable bonds is 4. The second-order valence-electron chi connectivity index (χ2n) is 5.67. The molecule has 0 radical (unpaired) electrons. The maximum Gasteiger partial charge on any atom is 0.251 e. The van der Waals surface area contributed by atoms with Crippen molar-refractivity contribution in [2.45, 2.75) is 25.3 Å². The Balaban J connectivity index is 1.58. The molecule has 114 valence electrons. The highest BCUT2D eigenvalue weighted by molar-refractivity contribution is 5.94. The van der Waals surface area contributed by atoms with E-state index in [1.54, 1.807) is 6.20 Å². The van der Waals surface area contributed by atoms with Gasteiger partial charge in [0.15, 0.2) is 0 Å². The minimum atomic E-state index is -0.0565. The summed E-state index contributed by atoms with van der Waals surface area (Å²) in [6.07, 6.45) is 4.17. The van der Waals surface area contributed by atoms with E-state index in [1.165, 1.54) is 18.4 Å². The molecular weight excluding hydrogens is 274 g/mol. The van der Waals surface area contributed by atoms with Crippen LogP contribution in [-0.2, 0) is 6.54 Å². The largest absolute Gasteiger partial charge is 0.346 e. The standard InChI is InChI=1S/C18H21N3O/c22-18(21-13-17-5-1-2-11-20-17)15-8-6-14(7-9-15)16-4-3-10-19-12-16/h1-2,5-9,11,16,19H,3-4,10,12-13H2,(H,21,22)/t16-/m1/s1. The molecule has 1 aromatic carbocycles. The van der Waals surface area contributed by atoms with Crippen molar-refractivity contribution < 1.29 is 4.79 Å². The van der Waals surface area contributed by atoms with E-state index in [1.807, 2.05) is 30.3 Å². The molecule has 2 aromatic rings. The number of amides is 1. The zero-order valence-corrected chi connectivity index (χ0v) is 12.6. The van der Waals surface area contributed by atoms with Crippen LogP contribution in [0.25, 0.3) is 0 Å². The highest BCUT2D eigenvalue weighted by atomic mass is 16.1. The Morgan fingerprint density at radius 3 is 2.77 bits per heavy atom. The van der Waals surface area contributed by atoms with Crippen LogP contribution in [0.5, 0.6) is 0 Å². The number of aromatic nitrogens is 1. The van der Waals surface area contributed by atoms with Gasteiger partial charge in [-0.15, -0.1) is 0 Å². The van der Waals surface area contributed by atoms with E-state index in [0.717, 1.165) is 18.8 Å². The molecule has 0 bridgehead atoms. The van der Waals surface area contributed by atoms with Crippen molar-refractivity contribution in [3.63, 3.8) is 0 Å². The summed E-state index contributed by atoms with van der Waals surface area (Å²) in [5, 5.41) is 6.32. The number of hydrogen-bond donors (Lipinski definition) is 2. The second-order valence-corrected chi connectivity index (χ2v) is 5.67. The Morgan fingerprint density at radius 1 is 1.23 bits per heavy atom. The Hall–Kier alpha value is -2.20. The van der Waals surface area contributed by atoms with Crippen LogP contribution in [0.2, 0.25) is 0 Å². The molecular formula is C18H21N3O. The summed E-state index contributed by atoms with van der Waals surface area (Å²) in [6.45, 7) is 2.60. The van der Waals surface area contributed by atoms with Gasteiger partial charge in [-0.2, -0.15) is 0 Å². The Labute approximate surface area is 131 Å². The van der Waals surface area contributed by atoms with E-state index < -0.39 is 0 Å². The Bertz CT molecular complexity index is 604. The number of carbonyl (C=O) groups is 1. The lowest BCUT2D eigenvalue weighted by Crippen LogP contribution is -2.28. The molecule has 0 saturated carbocycles. The van der Waals surface area contributed by atoms with Crippen LogP contribution in [0.4, 0.5) is 0 Å². The third-order valence-electron chi connectivity index (χ3n) is 4.10. The Kier molecular flexibility index (Phi) is 4.81. The van der Waals surface area contributed by atoms with Crippen LogP contribution in [0.15, 0.2) is 48.7 Å². The van der Waals surface area contributed by atoms with Gasteiger partial charge in [0.1, 0.15) is 0 Å². The van der Waals surface area contributed by atoms with Gasteiger partial charge in [-0.25, -0.2) is 0 Å². The van der Waals surface area contributed by atoms with Gasteiger partial charge >= 0.3 is 0 Å². The van der Waals surface area contributed by atoms with Gasteiger partial charge < -0.3 is 10.6 Å². The van der Waals surface area contributed by atoms with Crippen molar-refractivity contribution in [3.8, 4) is 0 Å². The molecule has 4 heteroatoms. The molecule has 0 aliphatic carbocycles. The molecule has 1 atom stereocenters. The molecule has 22 heavy (non-hydrogen) atoms. The first-order chi connectivity index (χ1) is 10.8. The lowest BCUT2D eigenvalue weighted by Gasteiger charge is -2.23. The minimum Gasteiger partial charge on any atom is -0.346 e. The topological polar surface area (TPSA) is 54.0 Å². The number of pyridine rings is 1. The van der Waals surface area contributed by atoms with E-state index in [0.29, 0.717) is 18.0 Å². The fourth-order valence-corrected chi connectivity index (χ4v) is 2.82. The predicted octanol–water partition coefficient (Wildman–Crippen LogP) is 2.48. The first kappa shape index (κ1) is 14.7. The summed E-state index contributed by atoms with van der Waals surface area (Å²) in [7, 11) is 0. The van der Waals surface area contributed by atoms with Crippen LogP contribution >= 0.6 is 0 Å². The van der Waals surface area contributed by atoms with E-state index in [2.05, 4.69) is 27.8 Å². The van der Waals surface area contributed by atoms with Crippen molar-refractivity contribution in [2.24, 2.45) is 0 Å². The van der Waals surface area contributed by atoms with Crippen LogP contribution in [0.3, 0.4) is 0 Å². The van der Waals surface area contributed by atoms with Crippen molar-refractivity contribution in [1.29, 1.82) is 0 Å². The van der Waals surface area contributed by atoms with Gasteiger partial charge in [0.05, 0.1) is 12.2 Å². The first-order valence-corrected chi connectivity index (χ1v) is 7.82. The van der Waals surface area contributed by atoms with E-state index in [4.69, 9.17) is 0 Å². The number of nitrogens with one attached hydrogen (secondary N) is 2. The third kappa shape index (κ3) is 3.71. The summed E-state index contributed by atoms with van der Waals surface area (Å²) in [6, 6.07) is 13.7. The molecule has 1 aromatic heterocycles. The molecule has 1 aliphatic heterocycles. The van der Waals surface area contributed by atoms with E-state index in [9.17, 15) is 4.79 Å². The van der Waals surface area contributed by atoms with Gasteiger partial charge in [0.25, 0.3) is 5.91 Å². The van der Waals surface area contributed by atoms with Gasteiger partial charge in [0, 0.05) is 18.3 Å². The number of nitrogens with zero attached hydrogens (tertiary/aromatic N) is 1. The van der Waals surface area contributed by atoms with Gasteiger partial charge in [-0.3, -0.25) is 9.78 Å². The molecule has 4 nitrogen and oxygen atoms in total. The number of hydrogen-bond acceptors (Lipinski definition) is 3. The minimum absolute atomic E-state index is 0.0565. The second kappa shape index (κ2) is 7.18. The van der Waals surface area contributed by atoms with Crippen molar-refractivity contribution in [1.82, 2.24) is 15.6 Å². The van der Waals surface area contributed by atoms with Crippen molar-refractivity contribution in [3.05, 3.63) is 65.5 Å². The molecule has 1 fully saturated rings. The maximum atomic E-state index is 12.2. The summed E-state index contributed by atoms with van der Waals surface area (Å²) in [5.74, 6) is 0.512. The first-order valence-electron chi connectivity index (χ1n) is 7.82. The predicted molar refractivity (Wildman–Crippen MR) is 86.7 cm³/mol. The third-order valence-corrected chi connectivity index (χ3v) is 4.10. The zero-order valence-electron chi connectivity index (χ0n) is 12.6. The monoisotopic (exact) mass is 295 g/mol. The summed E-state index contributed by atoms with van der Waals surface area (Å²) >= 11 is 0. The number of carbonyl (C=O) groups excluding carboxylic acids is 1. The zero-order chi connectivity index (χ0) is 15.2. The molecule has 0 spiro atoms. The molecule has 2 heterocycles. The summed E-state index contributed by atoms with van der Waals surface area (Å²) in [5.41, 5.74) is 2.87. The molecule has 1 amide bonds. The van der Waals surface area contributed by atoms with Gasteiger partial charge in [0.2, 0.25) is 0 Å². The van der Waals surface area contributed by atoms with Crippen LogP contribution in [-0.4, -0.2) is 24.0 Å². The van der Waals surface area contributed by atoms with Gasteiger partial charge in [-0.05, 0) is 55.1 Å².